The minimum absolute atomic E-state index is 0.113. The second kappa shape index (κ2) is 11.1. The number of amides is 3. The molecule has 0 saturated carbocycles. The molecule has 166 valence electrons. The number of nitro benzene ring substituents is 1. The summed E-state index contributed by atoms with van der Waals surface area (Å²) in [7, 11) is -2.82. The van der Waals surface area contributed by atoms with E-state index in [9.17, 15) is 32.9 Å². The molecule has 0 spiro atoms. The summed E-state index contributed by atoms with van der Waals surface area (Å²) in [5, 5.41) is 18.0. The summed E-state index contributed by atoms with van der Waals surface area (Å²) >= 11 is 0. The highest BCUT2D eigenvalue weighted by molar-refractivity contribution is 7.89. The first-order valence-electron chi connectivity index (χ1n) is 8.65. The average Bonchev–Trinajstić information content (AvgIpc) is 2.68. The van der Waals surface area contributed by atoms with Crippen molar-refractivity contribution in [2.75, 3.05) is 32.1 Å². The van der Waals surface area contributed by atoms with Crippen LogP contribution in [-0.4, -0.2) is 58.0 Å². The molecule has 14 heteroatoms. The fraction of sp³-hybridized carbons (Fsp3) is 0.438. The number of rotatable bonds is 10. The first kappa shape index (κ1) is 24.8. The molecule has 30 heavy (non-hydrogen) atoms. The Morgan fingerprint density at radius 3 is 2.47 bits per heavy atom. The van der Waals surface area contributed by atoms with Crippen molar-refractivity contribution in [2.45, 2.75) is 18.7 Å². The second-order valence-electron chi connectivity index (χ2n) is 6.32. The van der Waals surface area contributed by atoms with E-state index < -0.39 is 56.6 Å². The molecule has 3 amide bonds. The van der Waals surface area contributed by atoms with Crippen molar-refractivity contribution in [3.63, 3.8) is 0 Å². The van der Waals surface area contributed by atoms with Gasteiger partial charge in [-0.15, -0.1) is 0 Å². The zero-order chi connectivity index (χ0) is 22.9. The van der Waals surface area contributed by atoms with Crippen molar-refractivity contribution in [3.8, 4) is 0 Å². The molecule has 0 bridgehead atoms. The second-order valence-corrected chi connectivity index (χ2v) is 8.09. The van der Waals surface area contributed by atoms with Crippen LogP contribution in [0.1, 0.15) is 13.8 Å². The number of nitrogens with one attached hydrogen (secondary N) is 4. The fourth-order valence-corrected chi connectivity index (χ4v) is 2.97. The van der Waals surface area contributed by atoms with E-state index in [0.29, 0.717) is 6.54 Å². The van der Waals surface area contributed by atoms with E-state index in [2.05, 4.69) is 15.4 Å². The molecule has 0 aromatic heterocycles. The molecule has 0 saturated heterocycles. The van der Waals surface area contributed by atoms with E-state index in [4.69, 9.17) is 0 Å². The van der Waals surface area contributed by atoms with Crippen LogP contribution in [0.4, 0.5) is 16.2 Å². The van der Waals surface area contributed by atoms with Gasteiger partial charge in [0.1, 0.15) is 12.2 Å². The Morgan fingerprint density at radius 2 is 1.90 bits per heavy atom. The van der Waals surface area contributed by atoms with Gasteiger partial charge in [0.25, 0.3) is 11.6 Å². The van der Waals surface area contributed by atoms with Gasteiger partial charge in [-0.25, -0.2) is 13.2 Å². The standard InChI is InChI=1S/C16H23N5O8S/c1-10(2)7-18-16(24)20-14(22)9-29-15(23)8-19-30(27,28)11-4-5-12(17-3)13(6-11)21(25)26/h4-6,10,17,19H,7-9H2,1-3H3,(H2,18,20,22,24). The normalized spacial score (nSPS) is 10.9. The Labute approximate surface area is 172 Å². The molecule has 1 rings (SSSR count). The molecular weight excluding hydrogens is 422 g/mol. The molecule has 0 aliphatic rings. The van der Waals surface area contributed by atoms with Crippen molar-refractivity contribution < 1.29 is 32.5 Å². The summed E-state index contributed by atoms with van der Waals surface area (Å²) in [5.74, 6) is -1.81. The lowest BCUT2D eigenvalue weighted by Crippen LogP contribution is -2.43. The monoisotopic (exact) mass is 445 g/mol. The van der Waals surface area contributed by atoms with Gasteiger partial charge >= 0.3 is 12.0 Å². The number of benzene rings is 1. The molecule has 1 aromatic carbocycles. The van der Waals surface area contributed by atoms with Crippen molar-refractivity contribution in [1.82, 2.24) is 15.4 Å². The number of esters is 1. The number of carbonyl (C=O) groups is 3. The summed E-state index contributed by atoms with van der Waals surface area (Å²) in [6, 6.07) is 2.41. The zero-order valence-electron chi connectivity index (χ0n) is 16.6. The summed E-state index contributed by atoms with van der Waals surface area (Å²) in [4.78, 5) is 44.4. The number of imide groups is 1. The SMILES string of the molecule is CNc1ccc(S(=O)(=O)NCC(=O)OCC(=O)NC(=O)NCC(C)C)cc1[N+](=O)[O-]. The molecule has 0 heterocycles. The molecule has 13 nitrogen and oxygen atoms in total. The first-order valence-corrected chi connectivity index (χ1v) is 10.1. The van der Waals surface area contributed by atoms with Gasteiger partial charge in [0.2, 0.25) is 10.0 Å². The summed E-state index contributed by atoms with van der Waals surface area (Å²) in [5.41, 5.74) is -0.350. The third kappa shape index (κ3) is 8.00. The van der Waals surface area contributed by atoms with Crippen LogP contribution in [0.2, 0.25) is 0 Å². The van der Waals surface area contributed by atoms with E-state index in [0.717, 1.165) is 12.1 Å². The smallest absolute Gasteiger partial charge is 0.321 e. The Hall–Kier alpha value is -3.26. The number of hydrogen-bond donors (Lipinski definition) is 4. The summed E-state index contributed by atoms with van der Waals surface area (Å²) < 4.78 is 31.0. The van der Waals surface area contributed by atoms with Crippen molar-refractivity contribution >= 4 is 39.3 Å². The molecule has 0 aliphatic heterocycles. The van der Waals surface area contributed by atoms with Gasteiger partial charge in [-0.2, -0.15) is 4.72 Å². The molecule has 0 unspecified atom stereocenters. The van der Waals surface area contributed by atoms with Gasteiger partial charge in [-0.1, -0.05) is 13.8 Å². The third-order valence-corrected chi connectivity index (χ3v) is 4.84. The van der Waals surface area contributed by atoms with Gasteiger partial charge in [-0.3, -0.25) is 25.0 Å². The number of nitrogens with zero attached hydrogens (tertiary/aromatic N) is 1. The highest BCUT2D eigenvalue weighted by Crippen LogP contribution is 2.26. The van der Waals surface area contributed by atoms with Gasteiger partial charge in [-0.05, 0) is 18.1 Å². The van der Waals surface area contributed by atoms with Crippen LogP contribution in [0.3, 0.4) is 0 Å². The van der Waals surface area contributed by atoms with Crippen LogP contribution in [-0.2, 0) is 24.3 Å². The number of sulfonamides is 1. The number of ether oxygens (including phenoxy) is 1. The molecule has 0 atom stereocenters. The lowest BCUT2D eigenvalue weighted by atomic mass is 10.2. The minimum Gasteiger partial charge on any atom is -0.455 e. The molecule has 4 N–H and O–H groups in total. The van der Waals surface area contributed by atoms with Crippen LogP contribution < -0.4 is 20.7 Å². The number of urea groups is 1. The first-order chi connectivity index (χ1) is 14.0. The predicted octanol–water partition coefficient (Wildman–Crippen LogP) is -0.0602. The van der Waals surface area contributed by atoms with Crippen LogP contribution >= 0.6 is 0 Å². The Kier molecular flexibility index (Phi) is 9.14. The highest BCUT2D eigenvalue weighted by atomic mass is 32.2. The van der Waals surface area contributed by atoms with Crippen LogP contribution in [0.25, 0.3) is 0 Å². The lowest BCUT2D eigenvalue weighted by molar-refractivity contribution is -0.384. The van der Waals surface area contributed by atoms with Crippen molar-refractivity contribution in [2.24, 2.45) is 5.92 Å². The Balaban J connectivity index is 2.58. The fourth-order valence-electron chi connectivity index (χ4n) is 1.98. The predicted molar refractivity (Wildman–Crippen MR) is 105 cm³/mol. The van der Waals surface area contributed by atoms with Crippen LogP contribution in [0.5, 0.6) is 0 Å². The Bertz CT molecular complexity index is 916. The molecule has 0 radical (unpaired) electrons. The Morgan fingerprint density at radius 1 is 1.23 bits per heavy atom. The average molecular weight is 445 g/mol. The lowest BCUT2D eigenvalue weighted by Gasteiger charge is -2.10. The van der Waals surface area contributed by atoms with E-state index >= 15 is 0 Å². The van der Waals surface area contributed by atoms with E-state index in [1.54, 1.807) is 0 Å². The molecular formula is C16H23N5O8S. The van der Waals surface area contributed by atoms with E-state index in [1.807, 2.05) is 23.9 Å². The van der Waals surface area contributed by atoms with E-state index in [-0.39, 0.29) is 11.6 Å². The van der Waals surface area contributed by atoms with Crippen molar-refractivity contribution in [1.29, 1.82) is 0 Å². The number of hydrogen-bond acceptors (Lipinski definition) is 9. The van der Waals surface area contributed by atoms with Gasteiger partial charge in [0.05, 0.1) is 9.82 Å². The number of carbonyl (C=O) groups excluding carboxylic acids is 3. The van der Waals surface area contributed by atoms with Crippen LogP contribution in [0.15, 0.2) is 23.1 Å². The van der Waals surface area contributed by atoms with Crippen molar-refractivity contribution in [3.05, 3.63) is 28.3 Å². The molecule has 0 aliphatic carbocycles. The topological polar surface area (TPSA) is 186 Å². The number of anilines is 1. The van der Waals surface area contributed by atoms with E-state index in [1.165, 1.54) is 13.1 Å². The number of nitro groups is 1. The quantitative estimate of drug-likeness (QED) is 0.217. The summed E-state index contributed by atoms with van der Waals surface area (Å²) in [6.07, 6.45) is 0. The van der Waals surface area contributed by atoms with Crippen LogP contribution in [0, 0.1) is 16.0 Å². The maximum atomic E-state index is 12.2. The molecule has 0 fully saturated rings. The van der Waals surface area contributed by atoms with Gasteiger partial charge in [0, 0.05) is 19.7 Å². The maximum absolute atomic E-state index is 12.2. The van der Waals surface area contributed by atoms with Gasteiger partial charge in [0.15, 0.2) is 6.61 Å². The summed E-state index contributed by atoms with van der Waals surface area (Å²) in [6.45, 7) is 2.44. The third-order valence-electron chi connectivity index (χ3n) is 3.44. The largest absolute Gasteiger partial charge is 0.455 e. The maximum Gasteiger partial charge on any atom is 0.321 e. The zero-order valence-corrected chi connectivity index (χ0v) is 17.4. The minimum atomic E-state index is -4.26. The molecule has 1 aromatic rings. The van der Waals surface area contributed by atoms with Gasteiger partial charge < -0.3 is 15.4 Å². The highest BCUT2D eigenvalue weighted by Gasteiger charge is 2.22.